The number of hydrogen-bond donors (Lipinski definition) is 4. The molecule has 1 heterocycles. The molecule has 7 nitrogen and oxygen atoms in total. The van der Waals surface area contributed by atoms with Crippen LogP contribution in [0.5, 0.6) is 0 Å². The first-order valence-corrected chi connectivity index (χ1v) is 11.1. The lowest BCUT2D eigenvalue weighted by Gasteiger charge is -2.49. The average Bonchev–Trinajstić information content (AvgIpc) is 2.85. The third-order valence-corrected chi connectivity index (χ3v) is 6.34. The van der Waals surface area contributed by atoms with Crippen LogP contribution in [0.1, 0.15) is 30.0 Å². The van der Waals surface area contributed by atoms with Gasteiger partial charge in [-0.3, -0.25) is 4.79 Å². The Hall–Kier alpha value is -3.07. The Bertz CT molecular complexity index is 993. The van der Waals surface area contributed by atoms with E-state index < -0.39 is 41.7 Å². The van der Waals surface area contributed by atoms with Crippen LogP contribution in [0.2, 0.25) is 0 Å². The summed E-state index contributed by atoms with van der Waals surface area (Å²) in [4.78, 5) is 11.5. The van der Waals surface area contributed by atoms with E-state index in [9.17, 15) is 20.1 Å². The minimum atomic E-state index is -1.98. The maximum atomic E-state index is 11.5. The second kappa shape index (κ2) is 9.66. The maximum Gasteiger partial charge on any atom is 0.218 e. The molecule has 5 N–H and O–H groups in total. The zero-order chi connectivity index (χ0) is 24.3. The van der Waals surface area contributed by atoms with Crippen LogP contribution in [0.25, 0.3) is 0 Å². The number of aliphatic hydroxyl groups excluding tert-OH is 2. The van der Waals surface area contributed by atoms with E-state index in [0.29, 0.717) is 0 Å². The van der Waals surface area contributed by atoms with Crippen molar-refractivity contribution in [3.8, 4) is 0 Å². The second-order valence-corrected chi connectivity index (χ2v) is 8.70. The molecule has 7 heteroatoms. The van der Waals surface area contributed by atoms with Gasteiger partial charge in [0.2, 0.25) is 5.91 Å². The molecular formula is C27H29NO6. The standard InChI is InChI=1S/C27H29NO6/c1-26(32)21(17-22(28)29)23(30)24(31)25(33-26)34-27(18-11-5-2-6-12-18,19-13-7-3-8-14-19)20-15-9-4-10-16-20/h2-16,21,23-25,30-32H,17H2,1H3,(H2,28,29)/t21-,23?,24-,25?,26+/m0/s1. The lowest BCUT2D eigenvalue weighted by Crippen LogP contribution is -2.62. The number of carbonyl (C=O) groups excluding carboxylic acids is 1. The molecule has 1 amide bonds. The highest BCUT2D eigenvalue weighted by molar-refractivity contribution is 5.74. The fourth-order valence-corrected chi connectivity index (χ4v) is 4.63. The van der Waals surface area contributed by atoms with Crippen LogP contribution >= 0.6 is 0 Å². The molecule has 1 saturated heterocycles. The number of ether oxygens (including phenoxy) is 2. The van der Waals surface area contributed by atoms with Crippen LogP contribution in [-0.4, -0.2) is 45.5 Å². The third kappa shape index (κ3) is 4.49. The van der Waals surface area contributed by atoms with Crippen molar-refractivity contribution in [3.05, 3.63) is 108 Å². The summed E-state index contributed by atoms with van der Waals surface area (Å²) in [6.45, 7) is 1.32. The van der Waals surface area contributed by atoms with Crippen molar-refractivity contribution in [3.63, 3.8) is 0 Å². The summed E-state index contributed by atoms with van der Waals surface area (Å²) in [5.74, 6) is -3.83. The lowest BCUT2D eigenvalue weighted by atomic mass is 9.79. The van der Waals surface area contributed by atoms with Crippen LogP contribution in [0.4, 0.5) is 0 Å². The van der Waals surface area contributed by atoms with Gasteiger partial charge in [0.1, 0.15) is 11.7 Å². The van der Waals surface area contributed by atoms with Gasteiger partial charge in [0.15, 0.2) is 12.1 Å². The van der Waals surface area contributed by atoms with Gasteiger partial charge in [0.25, 0.3) is 0 Å². The van der Waals surface area contributed by atoms with Gasteiger partial charge in [0, 0.05) is 6.42 Å². The van der Waals surface area contributed by atoms with Crippen molar-refractivity contribution in [2.24, 2.45) is 11.7 Å². The summed E-state index contributed by atoms with van der Waals surface area (Å²) in [5.41, 5.74) is 6.32. The predicted molar refractivity (Wildman–Crippen MR) is 125 cm³/mol. The number of primary amides is 1. The zero-order valence-electron chi connectivity index (χ0n) is 18.8. The highest BCUT2D eigenvalue weighted by Crippen LogP contribution is 2.44. The minimum Gasteiger partial charge on any atom is -0.390 e. The number of carbonyl (C=O) groups is 1. The molecule has 0 bridgehead atoms. The van der Waals surface area contributed by atoms with E-state index in [1.165, 1.54) is 6.92 Å². The molecule has 5 atom stereocenters. The molecule has 0 aliphatic carbocycles. The molecule has 178 valence electrons. The molecule has 0 saturated carbocycles. The number of benzene rings is 3. The molecule has 1 aliphatic rings. The number of nitrogens with two attached hydrogens (primary N) is 1. The molecule has 3 aromatic carbocycles. The Morgan fingerprint density at radius 3 is 1.68 bits per heavy atom. The van der Waals surface area contributed by atoms with Gasteiger partial charge in [-0.15, -0.1) is 0 Å². The molecule has 34 heavy (non-hydrogen) atoms. The van der Waals surface area contributed by atoms with E-state index in [1.54, 1.807) is 0 Å². The van der Waals surface area contributed by atoms with Gasteiger partial charge in [-0.2, -0.15) is 0 Å². The first-order valence-electron chi connectivity index (χ1n) is 11.1. The summed E-state index contributed by atoms with van der Waals surface area (Å²) in [5, 5.41) is 32.8. The van der Waals surface area contributed by atoms with Crippen LogP contribution in [0.3, 0.4) is 0 Å². The Labute approximate surface area is 198 Å². The molecule has 0 spiro atoms. The molecule has 0 aromatic heterocycles. The number of hydrogen-bond acceptors (Lipinski definition) is 6. The quantitative estimate of drug-likeness (QED) is 0.399. The lowest BCUT2D eigenvalue weighted by molar-refractivity contribution is -0.386. The van der Waals surface area contributed by atoms with Gasteiger partial charge in [-0.1, -0.05) is 91.0 Å². The fraction of sp³-hybridized carbons (Fsp3) is 0.296. The SMILES string of the molecule is C[C@@]1(O)OC(OC(c2ccccc2)(c2ccccc2)c2ccccc2)[C@@H](O)C(O)[C@@H]1CC(N)=O. The van der Waals surface area contributed by atoms with Crippen molar-refractivity contribution >= 4 is 5.91 Å². The largest absolute Gasteiger partial charge is 0.390 e. The van der Waals surface area contributed by atoms with Gasteiger partial charge in [0.05, 0.1) is 12.0 Å². The summed E-state index contributed by atoms with van der Waals surface area (Å²) < 4.78 is 12.4. The summed E-state index contributed by atoms with van der Waals surface area (Å²) in [6.07, 6.45) is -4.87. The van der Waals surface area contributed by atoms with E-state index in [-0.39, 0.29) is 6.42 Å². The zero-order valence-corrected chi connectivity index (χ0v) is 18.8. The smallest absolute Gasteiger partial charge is 0.218 e. The Kier molecular flexibility index (Phi) is 6.84. The summed E-state index contributed by atoms with van der Waals surface area (Å²) >= 11 is 0. The molecule has 3 aromatic rings. The van der Waals surface area contributed by atoms with Gasteiger partial charge in [-0.25, -0.2) is 0 Å². The van der Waals surface area contributed by atoms with E-state index in [4.69, 9.17) is 15.2 Å². The van der Waals surface area contributed by atoms with Crippen molar-refractivity contribution in [1.82, 2.24) is 0 Å². The van der Waals surface area contributed by atoms with Crippen LogP contribution in [0, 0.1) is 5.92 Å². The Morgan fingerprint density at radius 1 is 0.882 bits per heavy atom. The van der Waals surface area contributed by atoms with Gasteiger partial charge < -0.3 is 30.5 Å². The van der Waals surface area contributed by atoms with E-state index in [0.717, 1.165) is 16.7 Å². The minimum absolute atomic E-state index is 0.362. The Morgan fingerprint density at radius 2 is 1.29 bits per heavy atom. The Balaban J connectivity index is 1.85. The second-order valence-electron chi connectivity index (χ2n) is 8.70. The highest BCUT2D eigenvalue weighted by Gasteiger charge is 2.54. The first-order chi connectivity index (χ1) is 16.3. The molecule has 1 aliphatic heterocycles. The summed E-state index contributed by atoms with van der Waals surface area (Å²) in [6, 6.07) is 28.4. The molecule has 0 radical (unpaired) electrons. The predicted octanol–water partition coefficient (Wildman–Crippen LogP) is 2.27. The van der Waals surface area contributed by atoms with E-state index >= 15 is 0 Å². The average molecular weight is 464 g/mol. The monoisotopic (exact) mass is 463 g/mol. The molecule has 1 fully saturated rings. The normalized spacial score (nSPS) is 27.3. The number of amides is 1. The molecular weight excluding hydrogens is 434 g/mol. The third-order valence-electron chi connectivity index (χ3n) is 6.34. The van der Waals surface area contributed by atoms with Crippen molar-refractivity contribution in [1.29, 1.82) is 0 Å². The van der Waals surface area contributed by atoms with Gasteiger partial charge >= 0.3 is 0 Å². The van der Waals surface area contributed by atoms with Crippen molar-refractivity contribution in [2.45, 2.75) is 43.2 Å². The number of aliphatic hydroxyl groups is 3. The van der Waals surface area contributed by atoms with Gasteiger partial charge in [-0.05, 0) is 23.6 Å². The van der Waals surface area contributed by atoms with E-state index in [2.05, 4.69) is 0 Å². The molecule has 4 rings (SSSR count). The highest BCUT2D eigenvalue weighted by atomic mass is 16.8. The van der Waals surface area contributed by atoms with Crippen LogP contribution in [-0.2, 0) is 19.9 Å². The van der Waals surface area contributed by atoms with Crippen LogP contribution < -0.4 is 5.73 Å². The molecule has 2 unspecified atom stereocenters. The summed E-state index contributed by atoms with van der Waals surface area (Å²) in [7, 11) is 0. The van der Waals surface area contributed by atoms with Crippen molar-refractivity contribution in [2.75, 3.05) is 0 Å². The fourth-order valence-electron chi connectivity index (χ4n) is 4.63. The maximum absolute atomic E-state index is 11.5. The topological polar surface area (TPSA) is 122 Å². The number of rotatable bonds is 7. The van der Waals surface area contributed by atoms with Crippen LogP contribution in [0.15, 0.2) is 91.0 Å². The first kappa shape index (κ1) is 24.1. The van der Waals surface area contributed by atoms with E-state index in [1.807, 2.05) is 91.0 Å². The van der Waals surface area contributed by atoms with Crippen molar-refractivity contribution < 1.29 is 29.6 Å².